The molecule has 0 N–H and O–H groups in total. The Kier molecular flexibility index (Phi) is 8.57. The van der Waals surface area contributed by atoms with E-state index in [0.29, 0.717) is 13.2 Å². The van der Waals surface area contributed by atoms with Crippen LogP contribution in [0.5, 0.6) is 0 Å². The van der Waals surface area contributed by atoms with Crippen molar-refractivity contribution in [2.45, 2.75) is 26.7 Å². The van der Waals surface area contributed by atoms with Crippen LogP contribution in [-0.4, -0.2) is 43.3 Å². The highest BCUT2D eigenvalue weighted by Crippen LogP contribution is 1.96. The molecule has 0 aliphatic rings. The van der Waals surface area contributed by atoms with Crippen LogP contribution < -0.4 is 0 Å². The van der Waals surface area contributed by atoms with Gasteiger partial charge in [0, 0.05) is 6.54 Å². The molecule has 0 spiro atoms. The van der Waals surface area contributed by atoms with E-state index in [1.807, 2.05) is 6.92 Å². The van der Waals surface area contributed by atoms with Crippen LogP contribution in [0.1, 0.15) is 26.7 Å². The summed E-state index contributed by atoms with van der Waals surface area (Å²) in [4.78, 5) is 24.0. The highest BCUT2D eigenvalue weighted by molar-refractivity contribution is 5.78. The van der Waals surface area contributed by atoms with Gasteiger partial charge in [-0.05, 0) is 13.3 Å². The number of ether oxygens (including phenoxy) is 2. The SMILES string of the molecule is C#CCOC(=O)N(CC)CC(=O)OCCCC. The summed E-state index contributed by atoms with van der Waals surface area (Å²) in [7, 11) is 0. The number of hydrogen-bond donors (Lipinski definition) is 0. The van der Waals surface area contributed by atoms with Gasteiger partial charge in [0.2, 0.25) is 0 Å². The van der Waals surface area contributed by atoms with E-state index in [0.717, 1.165) is 12.8 Å². The fourth-order valence-electron chi connectivity index (χ4n) is 1.03. The molecule has 0 radical (unpaired) electrons. The Morgan fingerprint density at radius 3 is 2.53 bits per heavy atom. The van der Waals surface area contributed by atoms with E-state index >= 15 is 0 Å². The second-order valence-corrected chi connectivity index (χ2v) is 3.35. The van der Waals surface area contributed by atoms with Gasteiger partial charge in [0.15, 0.2) is 6.61 Å². The van der Waals surface area contributed by atoms with Gasteiger partial charge in [-0.15, -0.1) is 6.42 Å². The van der Waals surface area contributed by atoms with Crippen molar-refractivity contribution in [3.05, 3.63) is 0 Å². The minimum atomic E-state index is -0.599. The molecule has 0 aliphatic heterocycles. The molecule has 0 heterocycles. The van der Waals surface area contributed by atoms with Crippen molar-refractivity contribution >= 4 is 12.1 Å². The summed E-state index contributed by atoms with van der Waals surface area (Å²) in [5.41, 5.74) is 0. The molecule has 0 bridgehead atoms. The van der Waals surface area contributed by atoms with Crippen LogP contribution in [0, 0.1) is 12.3 Å². The number of likely N-dealkylation sites (N-methyl/N-ethyl adjacent to an activating group) is 1. The lowest BCUT2D eigenvalue weighted by Crippen LogP contribution is -2.36. The average molecular weight is 241 g/mol. The summed E-state index contributed by atoms with van der Waals surface area (Å²) < 4.78 is 9.65. The maximum Gasteiger partial charge on any atom is 0.411 e. The summed E-state index contributed by atoms with van der Waals surface area (Å²) >= 11 is 0. The Bertz CT molecular complexity index is 283. The number of amides is 1. The lowest BCUT2D eigenvalue weighted by Gasteiger charge is -2.18. The number of terminal acetylenes is 1. The predicted molar refractivity (Wildman–Crippen MR) is 63.3 cm³/mol. The van der Waals surface area contributed by atoms with Gasteiger partial charge in [0.25, 0.3) is 0 Å². The topological polar surface area (TPSA) is 55.8 Å². The third kappa shape index (κ3) is 7.23. The van der Waals surface area contributed by atoms with E-state index in [2.05, 4.69) is 5.92 Å². The van der Waals surface area contributed by atoms with Gasteiger partial charge in [0.1, 0.15) is 6.54 Å². The van der Waals surface area contributed by atoms with Crippen LogP contribution in [0.3, 0.4) is 0 Å². The van der Waals surface area contributed by atoms with E-state index < -0.39 is 12.1 Å². The predicted octanol–water partition coefficient (Wildman–Crippen LogP) is 1.42. The summed E-state index contributed by atoms with van der Waals surface area (Å²) in [5, 5.41) is 0. The van der Waals surface area contributed by atoms with Crippen molar-refractivity contribution < 1.29 is 19.1 Å². The molecular weight excluding hydrogens is 222 g/mol. The molecule has 0 rings (SSSR count). The molecule has 0 saturated heterocycles. The van der Waals surface area contributed by atoms with E-state index in [1.54, 1.807) is 6.92 Å². The largest absolute Gasteiger partial charge is 0.464 e. The Balaban J connectivity index is 3.99. The van der Waals surface area contributed by atoms with Gasteiger partial charge in [-0.2, -0.15) is 0 Å². The maximum absolute atomic E-state index is 11.4. The summed E-state index contributed by atoms with van der Waals surface area (Å²) in [5.74, 6) is 1.75. The van der Waals surface area contributed by atoms with Crippen LogP contribution in [0.2, 0.25) is 0 Å². The minimum absolute atomic E-state index is 0.0970. The molecule has 0 fully saturated rings. The van der Waals surface area contributed by atoms with Crippen molar-refractivity contribution in [2.75, 3.05) is 26.3 Å². The normalized spacial score (nSPS) is 9.24. The first-order valence-corrected chi connectivity index (χ1v) is 5.66. The molecule has 0 aliphatic carbocycles. The molecule has 0 saturated carbocycles. The molecule has 1 amide bonds. The van der Waals surface area contributed by atoms with Crippen molar-refractivity contribution in [2.24, 2.45) is 0 Å². The number of carbonyl (C=O) groups is 2. The first kappa shape index (κ1) is 15.3. The smallest absolute Gasteiger partial charge is 0.411 e. The molecule has 17 heavy (non-hydrogen) atoms. The summed E-state index contributed by atoms with van der Waals surface area (Å²) in [6.07, 6.45) is 6.14. The Hall–Kier alpha value is -1.70. The monoisotopic (exact) mass is 241 g/mol. The number of esters is 1. The van der Waals surface area contributed by atoms with E-state index in [9.17, 15) is 9.59 Å². The number of hydrogen-bond acceptors (Lipinski definition) is 4. The Labute approximate surface area is 102 Å². The molecular formula is C12H19NO4. The van der Waals surface area contributed by atoms with Gasteiger partial charge >= 0.3 is 12.1 Å². The van der Waals surface area contributed by atoms with Crippen LogP contribution in [0.25, 0.3) is 0 Å². The van der Waals surface area contributed by atoms with Crippen LogP contribution in [0.15, 0.2) is 0 Å². The van der Waals surface area contributed by atoms with E-state index in [-0.39, 0.29) is 13.2 Å². The Morgan fingerprint density at radius 2 is 2.00 bits per heavy atom. The zero-order valence-corrected chi connectivity index (χ0v) is 10.4. The lowest BCUT2D eigenvalue weighted by atomic mass is 10.4. The fraction of sp³-hybridized carbons (Fsp3) is 0.667. The van der Waals surface area contributed by atoms with E-state index in [4.69, 9.17) is 15.9 Å². The van der Waals surface area contributed by atoms with Crippen LogP contribution in [0.4, 0.5) is 4.79 Å². The van der Waals surface area contributed by atoms with Gasteiger partial charge in [-0.25, -0.2) is 4.79 Å². The zero-order chi connectivity index (χ0) is 13.1. The van der Waals surface area contributed by atoms with Gasteiger partial charge in [-0.3, -0.25) is 9.69 Å². The van der Waals surface area contributed by atoms with Crippen molar-refractivity contribution in [3.8, 4) is 12.3 Å². The molecule has 0 aromatic carbocycles. The number of unbranched alkanes of at least 4 members (excludes halogenated alkanes) is 1. The van der Waals surface area contributed by atoms with Gasteiger partial charge in [0.05, 0.1) is 6.61 Å². The Morgan fingerprint density at radius 1 is 1.29 bits per heavy atom. The minimum Gasteiger partial charge on any atom is -0.464 e. The first-order valence-electron chi connectivity index (χ1n) is 5.66. The molecule has 0 aromatic heterocycles. The fourth-order valence-corrected chi connectivity index (χ4v) is 1.03. The third-order valence-electron chi connectivity index (χ3n) is 2.00. The van der Waals surface area contributed by atoms with Crippen LogP contribution in [-0.2, 0) is 14.3 Å². The number of carbonyl (C=O) groups excluding carboxylic acids is 2. The molecule has 5 heteroatoms. The maximum atomic E-state index is 11.4. The van der Waals surface area contributed by atoms with Crippen molar-refractivity contribution in [1.82, 2.24) is 4.90 Å². The quantitative estimate of drug-likeness (QED) is 0.384. The molecule has 0 atom stereocenters. The second kappa shape index (κ2) is 9.52. The number of rotatable bonds is 7. The standard InChI is InChI=1S/C12H19NO4/c1-4-7-9-16-11(14)10-13(6-3)12(15)17-8-5-2/h2H,4,6-10H2,1,3H3. The summed E-state index contributed by atoms with van der Waals surface area (Å²) in [6.45, 7) is 4.29. The third-order valence-corrected chi connectivity index (χ3v) is 2.00. The van der Waals surface area contributed by atoms with E-state index in [1.165, 1.54) is 4.90 Å². The zero-order valence-electron chi connectivity index (χ0n) is 10.4. The average Bonchev–Trinajstić information content (AvgIpc) is 2.33. The van der Waals surface area contributed by atoms with Crippen molar-refractivity contribution in [3.63, 3.8) is 0 Å². The molecule has 5 nitrogen and oxygen atoms in total. The second-order valence-electron chi connectivity index (χ2n) is 3.35. The van der Waals surface area contributed by atoms with Crippen molar-refractivity contribution in [1.29, 1.82) is 0 Å². The highest BCUT2D eigenvalue weighted by Gasteiger charge is 2.17. The van der Waals surface area contributed by atoms with Gasteiger partial charge < -0.3 is 9.47 Å². The van der Waals surface area contributed by atoms with Crippen LogP contribution >= 0.6 is 0 Å². The summed E-state index contributed by atoms with van der Waals surface area (Å²) in [6, 6.07) is 0. The molecule has 96 valence electrons. The molecule has 0 aromatic rings. The first-order chi connectivity index (χ1) is 8.15. The molecule has 0 unspecified atom stereocenters. The highest BCUT2D eigenvalue weighted by atomic mass is 16.6. The number of nitrogens with zero attached hydrogens (tertiary/aromatic N) is 1. The lowest BCUT2D eigenvalue weighted by molar-refractivity contribution is -0.144. The van der Waals surface area contributed by atoms with Gasteiger partial charge in [-0.1, -0.05) is 19.3 Å².